The molecule has 2 unspecified atom stereocenters. The molecule has 0 saturated carbocycles. The molecule has 0 aromatic carbocycles. The molecule has 2 atom stereocenters. The molecule has 4 N–H and O–H groups in total. The summed E-state index contributed by atoms with van der Waals surface area (Å²) in [5, 5.41) is 22.3. The maximum atomic E-state index is 10.9. The third kappa shape index (κ3) is 9.00. The number of aliphatic hydroxyl groups is 2. The summed E-state index contributed by atoms with van der Waals surface area (Å²) in [5.74, 6) is -0.268. The molecule has 0 aromatic rings. The SMILES string of the molecule is CCCC(CCS(N)(=O)=O)C(C)CC=C(O)O. The number of primary sulfonamides is 1. The normalized spacial score (nSPS) is 15.2. The summed E-state index contributed by atoms with van der Waals surface area (Å²) in [7, 11) is -3.42. The number of sulfonamides is 1. The molecule has 0 bridgehead atoms. The maximum absolute atomic E-state index is 10.9. The fraction of sp³-hybridized carbons (Fsp3) is 0.818. The fourth-order valence-electron chi connectivity index (χ4n) is 1.88. The van der Waals surface area contributed by atoms with Gasteiger partial charge in [-0.25, -0.2) is 13.6 Å². The number of nitrogens with two attached hydrogens (primary N) is 1. The number of allylic oxidation sites excluding steroid dienone is 1. The third-order valence-corrected chi connectivity index (χ3v) is 3.71. The number of hydrogen-bond donors (Lipinski definition) is 3. The van der Waals surface area contributed by atoms with E-state index < -0.39 is 16.0 Å². The lowest BCUT2D eigenvalue weighted by atomic mass is 9.85. The second kappa shape index (κ2) is 7.55. The van der Waals surface area contributed by atoms with Gasteiger partial charge in [0.1, 0.15) is 0 Å². The van der Waals surface area contributed by atoms with E-state index in [0.717, 1.165) is 12.8 Å². The topological polar surface area (TPSA) is 101 Å². The molecule has 0 heterocycles. The van der Waals surface area contributed by atoms with Crippen molar-refractivity contribution in [3.05, 3.63) is 12.0 Å². The Morgan fingerprint density at radius 2 is 1.94 bits per heavy atom. The summed E-state index contributed by atoms with van der Waals surface area (Å²) >= 11 is 0. The van der Waals surface area contributed by atoms with Crippen LogP contribution in [0.1, 0.15) is 39.5 Å². The van der Waals surface area contributed by atoms with Gasteiger partial charge in [-0.1, -0.05) is 26.7 Å². The van der Waals surface area contributed by atoms with Gasteiger partial charge in [0.05, 0.1) is 5.75 Å². The molecule has 0 rings (SSSR count). The first-order valence-corrected chi connectivity index (χ1v) is 7.56. The lowest BCUT2D eigenvalue weighted by Gasteiger charge is -2.22. The van der Waals surface area contributed by atoms with E-state index in [9.17, 15) is 8.42 Å². The Kier molecular flexibility index (Phi) is 7.22. The van der Waals surface area contributed by atoms with Crippen molar-refractivity contribution in [3.63, 3.8) is 0 Å². The molecule has 17 heavy (non-hydrogen) atoms. The first kappa shape index (κ1) is 16.2. The average Bonchev–Trinajstić information content (AvgIpc) is 2.19. The lowest BCUT2D eigenvalue weighted by molar-refractivity contribution is 0.186. The van der Waals surface area contributed by atoms with E-state index in [1.165, 1.54) is 6.08 Å². The van der Waals surface area contributed by atoms with E-state index in [2.05, 4.69) is 0 Å². The summed E-state index contributed by atoms with van der Waals surface area (Å²) < 4.78 is 21.8. The van der Waals surface area contributed by atoms with Crippen molar-refractivity contribution in [2.24, 2.45) is 17.0 Å². The van der Waals surface area contributed by atoms with Crippen molar-refractivity contribution in [1.82, 2.24) is 0 Å². The molecular formula is C11H23NO4S. The highest BCUT2D eigenvalue weighted by atomic mass is 32.2. The molecule has 0 aromatic heterocycles. The fourth-order valence-corrected chi connectivity index (χ4v) is 2.51. The minimum Gasteiger partial charge on any atom is -0.481 e. The second-order valence-electron chi connectivity index (χ2n) is 4.48. The van der Waals surface area contributed by atoms with Gasteiger partial charge in [-0.3, -0.25) is 0 Å². The molecule has 102 valence electrons. The van der Waals surface area contributed by atoms with Crippen LogP contribution in [0.3, 0.4) is 0 Å². The van der Waals surface area contributed by atoms with Gasteiger partial charge in [-0.05, 0) is 30.8 Å². The Hall–Kier alpha value is -0.750. The highest BCUT2D eigenvalue weighted by Gasteiger charge is 2.18. The maximum Gasteiger partial charge on any atom is 0.269 e. The predicted molar refractivity (Wildman–Crippen MR) is 68.1 cm³/mol. The largest absolute Gasteiger partial charge is 0.481 e. The van der Waals surface area contributed by atoms with Gasteiger partial charge in [-0.15, -0.1) is 0 Å². The Bertz CT molecular complexity index is 333. The number of hydrogen-bond acceptors (Lipinski definition) is 4. The minimum absolute atomic E-state index is 0.0170. The van der Waals surface area contributed by atoms with Crippen LogP contribution in [0.2, 0.25) is 0 Å². The Balaban J connectivity index is 4.35. The predicted octanol–water partition coefficient (Wildman–Crippen LogP) is 2.06. The lowest BCUT2D eigenvalue weighted by Crippen LogP contribution is -2.21. The highest BCUT2D eigenvalue weighted by molar-refractivity contribution is 7.89. The van der Waals surface area contributed by atoms with E-state index in [0.29, 0.717) is 12.8 Å². The van der Waals surface area contributed by atoms with Crippen molar-refractivity contribution in [2.45, 2.75) is 39.5 Å². The van der Waals surface area contributed by atoms with Crippen molar-refractivity contribution in [3.8, 4) is 0 Å². The summed E-state index contributed by atoms with van der Waals surface area (Å²) in [6.07, 6.45) is 4.26. The van der Waals surface area contributed by atoms with Crippen LogP contribution in [0.4, 0.5) is 0 Å². The summed E-state index contributed by atoms with van der Waals surface area (Å²) in [5.41, 5.74) is 0. The molecule has 0 spiro atoms. The Labute approximate surface area is 103 Å². The smallest absolute Gasteiger partial charge is 0.269 e. The van der Waals surface area contributed by atoms with Gasteiger partial charge in [-0.2, -0.15) is 0 Å². The molecular weight excluding hydrogens is 242 g/mol. The first-order valence-electron chi connectivity index (χ1n) is 5.84. The van der Waals surface area contributed by atoms with Crippen LogP contribution in [0.5, 0.6) is 0 Å². The zero-order chi connectivity index (χ0) is 13.5. The van der Waals surface area contributed by atoms with Crippen LogP contribution in [0.25, 0.3) is 0 Å². The zero-order valence-electron chi connectivity index (χ0n) is 10.5. The molecule has 0 saturated heterocycles. The van der Waals surface area contributed by atoms with Gasteiger partial charge in [0.2, 0.25) is 10.0 Å². The van der Waals surface area contributed by atoms with Crippen LogP contribution in [0, 0.1) is 11.8 Å². The zero-order valence-corrected chi connectivity index (χ0v) is 11.3. The van der Waals surface area contributed by atoms with Crippen molar-refractivity contribution < 1.29 is 18.6 Å². The van der Waals surface area contributed by atoms with Crippen LogP contribution in [0.15, 0.2) is 12.0 Å². The first-order chi connectivity index (χ1) is 7.76. The minimum atomic E-state index is -3.42. The van der Waals surface area contributed by atoms with Gasteiger partial charge >= 0.3 is 0 Å². The molecule has 0 aliphatic carbocycles. The third-order valence-electron chi connectivity index (χ3n) is 2.91. The highest BCUT2D eigenvalue weighted by Crippen LogP contribution is 2.25. The Morgan fingerprint density at radius 1 is 1.35 bits per heavy atom. The van der Waals surface area contributed by atoms with Gasteiger partial charge in [0.25, 0.3) is 5.95 Å². The van der Waals surface area contributed by atoms with Crippen LogP contribution >= 0.6 is 0 Å². The van der Waals surface area contributed by atoms with Gasteiger partial charge in [0, 0.05) is 0 Å². The van der Waals surface area contributed by atoms with Crippen LogP contribution in [-0.2, 0) is 10.0 Å². The van der Waals surface area contributed by atoms with E-state index >= 15 is 0 Å². The van der Waals surface area contributed by atoms with Crippen molar-refractivity contribution in [2.75, 3.05) is 5.75 Å². The molecule has 0 fully saturated rings. The molecule has 0 radical (unpaired) electrons. The number of aliphatic hydroxyl groups excluding tert-OH is 1. The standard InChI is InChI=1S/C11H23NO4S/c1-3-4-10(7-8-17(12,15)16)9(2)5-6-11(13)14/h6,9-10,13-14H,3-5,7-8H2,1-2H3,(H2,12,15,16). The quantitative estimate of drug-likeness (QED) is 0.585. The van der Waals surface area contributed by atoms with Gasteiger partial charge < -0.3 is 10.2 Å². The van der Waals surface area contributed by atoms with Crippen LogP contribution < -0.4 is 5.14 Å². The van der Waals surface area contributed by atoms with Gasteiger partial charge in [0.15, 0.2) is 0 Å². The molecule has 0 aliphatic heterocycles. The summed E-state index contributed by atoms with van der Waals surface area (Å²) in [4.78, 5) is 0. The molecule has 5 nitrogen and oxygen atoms in total. The second-order valence-corrected chi connectivity index (χ2v) is 6.21. The van der Waals surface area contributed by atoms with Crippen molar-refractivity contribution in [1.29, 1.82) is 0 Å². The van der Waals surface area contributed by atoms with E-state index in [1.807, 2.05) is 13.8 Å². The average molecular weight is 265 g/mol. The summed E-state index contributed by atoms with van der Waals surface area (Å²) in [6, 6.07) is 0. The number of rotatable bonds is 8. The summed E-state index contributed by atoms with van der Waals surface area (Å²) in [6.45, 7) is 4.01. The van der Waals surface area contributed by atoms with Crippen molar-refractivity contribution >= 4 is 10.0 Å². The monoisotopic (exact) mass is 265 g/mol. The van der Waals surface area contributed by atoms with E-state index in [-0.39, 0.29) is 17.6 Å². The van der Waals surface area contributed by atoms with Crippen LogP contribution in [-0.4, -0.2) is 24.4 Å². The Morgan fingerprint density at radius 3 is 2.35 bits per heavy atom. The van der Waals surface area contributed by atoms with E-state index in [1.54, 1.807) is 0 Å². The molecule has 0 aliphatic rings. The molecule has 0 amide bonds. The van der Waals surface area contributed by atoms with E-state index in [4.69, 9.17) is 15.4 Å². The molecule has 6 heteroatoms.